The number of nitrogens with zero attached hydrogens (tertiary/aromatic N) is 4. The van der Waals surface area contributed by atoms with Gasteiger partial charge in [-0.05, 0) is 25.0 Å². The van der Waals surface area contributed by atoms with E-state index in [4.69, 9.17) is 0 Å². The van der Waals surface area contributed by atoms with E-state index in [-0.39, 0.29) is 5.91 Å². The summed E-state index contributed by atoms with van der Waals surface area (Å²) < 4.78 is 2.05. The van der Waals surface area contributed by atoms with E-state index in [2.05, 4.69) is 14.5 Å². The van der Waals surface area contributed by atoms with Crippen LogP contribution in [0.25, 0.3) is 0 Å². The van der Waals surface area contributed by atoms with Crippen molar-refractivity contribution in [2.45, 2.75) is 25.2 Å². The van der Waals surface area contributed by atoms with Crippen LogP contribution in [0, 0.1) is 0 Å². The van der Waals surface area contributed by atoms with Gasteiger partial charge < -0.3 is 9.47 Å². The van der Waals surface area contributed by atoms with Crippen LogP contribution in [0.2, 0.25) is 0 Å². The van der Waals surface area contributed by atoms with Crippen molar-refractivity contribution in [1.29, 1.82) is 0 Å². The second-order valence-corrected chi connectivity index (χ2v) is 5.57. The molecule has 0 unspecified atom stereocenters. The van der Waals surface area contributed by atoms with Crippen LogP contribution in [0.15, 0.2) is 36.8 Å². The van der Waals surface area contributed by atoms with Crippen molar-refractivity contribution in [3.8, 4) is 0 Å². The lowest BCUT2D eigenvalue weighted by Crippen LogP contribution is -2.40. The van der Waals surface area contributed by atoms with Crippen LogP contribution in [0.5, 0.6) is 0 Å². The zero-order chi connectivity index (χ0) is 14.7. The maximum atomic E-state index is 12.4. The molecule has 1 atom stereocenters. The van der Waals surface area contributed by atoms with Crippen LogP contribution in [0.1, 0.15) is 30.3 Å². The minimum Gasteiger partial charge on any atom is -0.342 e. The lowest BCUT2D eigenvalue weighted by molar-refractivity contribution is -0.131. The molecule has 0 spiro atoms. The minimum atomic E-state index is 0.160. The van der Waals surface area contributed by atoms with Crippen molar-refractivity contribution in [1.82, 2.24) is 19.4 Å². The highest BCUT2D eigenvalue weighted by Crippen LogP contribution is 2.25. The molecule has 0 radical (unpaired) electrons. The number of piperidine rings is 1. The maximum Gasteiger partial charge on any atom is 0.228 e. The highest BCUT2D eigenvalue weighted by molar-refractivity contribution is 5.78. The normalized spacial score (nSPS) is 18.7. The monoisotopic (exact) mass is 284 g/mol. The molecule has 0 aliphatic carbocycles. The second-order valence-electron chi connectivity index (χ2n) is 5.57. The quantitative estimate of drug-likeness (QED) is 0.863. The van der Waals surface area contributed by atoms with Gasteiger partial charge in [-0.25, -0.2) is 4.98 Å². The molecule has 2 aromatic heterocycles. The Kier molecular flexibility index (Phi) is 3.99. The summed E-state index contributed by atoms with van der Waals surface area (Å²) in [7, 11) is 2.01. The fourth-order valence-electron chi connectivity index (χ4n) is 2.95. The zero-order valence-electron chi connectivity index (χ0n) is 12.3. The first-order chi connectivity index (χ1) is 10.2. The number of aromatic nitrogens is 3. The maximum absolute atomic E-state index is 12.4. The first kappa shape index (κ1) is 13.8. The van der Waals surface area contributed by atoms with Gasteiger partial charge in [-0.3, -0.25) is 9.78 Å². The van der Waals surface area contributed by atoms with E-state index in [1.807, 2.05) is 42.5 Å². The molecule has 2 aromatic rings. The van der Waals surface area contributed by atoms with E-state index in [0.29, 0.717) is 12.3 Å². The standard InChI is InChI=1S/C16H20N4O/c1-19-10-8-18-16(19)13-5-4-9-20(12-13)15(21)11-14-6-2-3-7-17-14/h2-3,6-8,10,13H,4-5,9,11-12H2,1H3/t13-/m1/s1. The Bertz CT molecular complexity index is 608. The Morgan fingerprint density at radius 1 is 1.33 bits per heavy atom. The van der Waals surface area contributed by atoms with Gasteiger partial charge in [0.1, 0.15) is 5.82 Å². The predicted molar refractivity (Wildman–Crippen MR) is 79.7 cm³/mol. The van der Waals surface area contributed by atoms with E-state index in [0.717, 1.165) is 37.4 Å². The van der Waals surface area contributed by atoms with Crippen LogP contribution in [0.4, 0.5) is 0 Å². The molecular formula is C16H20N4O. The molecule has 1 amide bonds. The Balaban J connectivity index is 1.66. The summed E-state index contributed by atoms with van der Waals surface area (Å²) in [4.78, 5) is 23.0. The summed E-state index contributed by atoms with van der Waals surface area (Å²) in [6.45, 7) is 1.60. The Labute approximate surface area is 124 Å². The molecule has 0 N–H and O–H groups in total. The number of amides is 1. The van der Waals surface area contributed by atoms with Crippen molar-refractivity contribution >= 4 is 5.91 Å². The van der Waals surface area contributed by atoms with Crippen LogP contribution >= 0.6 is 0 Å². The molecule has 110 valence electrons. The van der Waals surface area contributed by atoms with Crippen LogP contribution in [0.3, 0.4) is 0 Å². The molecule has 1 fully saturated rings. The number of rotatable bonds is 3. The van der Waals surface area contributed by atoms with E-state index in [1.165, 1.54) is 0 Å². The van der Waals surface area contributed by atoms with Crippen LogP contribution in [-0.2, 0) is 18.3 Å². The molecule has 0 aromatic carbocycles. The van der Waals surface area contributed by atoms with Gasteiger partial charge in [0.25, 0.3) is 0 Å². The van der Waals surface area contributed by atoms with Crippen molar-refractivity contribution in [2.24, 2.45) is 7.05 Å². The average Bonchev–Trinajstić information content (AvgIpc) is 2.94. The number of hydrogen-bond donors (Lipinski definition) is 0. The second kappa shape index (κ2) is 6.08. The predicted octanol–water partition coefficient (Wildman–Crippen LogP) is 1.76. The number of aryl methyl sites for hydroxylation is 1. The van der Waals surface area contributed by atoms with Crippen LogP contribution < -0.4 is 0 Å². The van der Waals surface area contributed by atoms with Gasteiger partial charge in [-0.1, -0.05) is 6.07 Å². The van der Waals surface area contributed by atoms with Gasteiger partial charge in [0, 0.05) is 50.3 Å². The summed E-state index contributed by atoms with van der Waals surface area (Å²) in [5.74, 6) is 1.57. The molecule has 3 heterocycles. The topological polar surface area (TPSA) is 51.0 Å². The van der Waals surface area contributed by atoms with Crippen molar-refractivity contribution < 1.29 is 4.79 Å². The van der Waals surface area contributed by atoms with Crippen molar-refractivity contribution in [3.63, 3.8) is 0 Å². The lowest BCUT2D eigenvalue weighted by atomic mass is 9.96. The zero-order valence-corrected chi connectivity index (χ0v) is 12.3. The van der Waals surface area contributed by atoms with E-state index in [9.17, 15) is 4.79 Å². The van der Waals surface area contributed by atoms with Gasteiger partial charge in [0.05, 0.1) is 6.42 Å². The highest BCUT2D eigenvalue weighted by Gasteiger charge is 2.26. The third-order valence-electron chi connectivity index (χ3n) is 4.06. The fraction of sp³-hybridized carbons (Fsp3) is 0.438. The summed E-state index contributed by atoms with van der Waals surface area (Å²) in [6, 6.07) is 5.69. The van der Waals surface area contributed by atoms with Gasteiger partial charge in [0.15, 0.2) is 0 Å². The first-order valence-electron chi connectivity index (χ1n) is 7.39. The Morgan fingerprint density at radius 2 is 2.24 bits per heavy atom. The Morgan fingerprint density at radius 3 is 2.95 bits per heavy atom. The van der Waals surface area contributed by atoms with Gasteiger partial charge in [-0.15, -0.1) is 0 Å². The molecular weight excluding hydrogens is 264 g/mol. The number of pyridine rings is 1. The van der Waals surface area contributed by atoms with Gasteiger partial charge in [0.2, 0.25) is 5.91 Å². The van der Waals surface area contributed by atoms with Gasteiger partial charge >= 0.3 is 0 Å². The number of carbonyl (C=O) groups excluding carboxylic acids is 1. The number of carbonyl (C=O) groups is 1. The molecule has 5 heteroatoms. The van der Waals surface area contributed by atoms with Crippen molar-refractivity contribution in [2.75, 3.05) is 13.1 Å². The van der Waals surface area contributed by atoms with E-state index in [1.54, 1.807) is 6.20 Å². The molecule has 3 rings (SSSR count). The highest BCUT2D eigenvalue weighted by atomic mass is 16.2. The lowest BCUT2D eigenvalue weighted by Gasteiger charge is -2.32. The molecule has 1 aliphatic heterocycles. The average molecular weight is 284 g/mol. The first-order valence-corrected chi connectivity index (χ1v) is 7.39. The molecule has 5 nitrogen and oxygen atoms in total. The number of hydrogen-bond acceptors (Lipinski definition) is 3. The Hall–Kier alpha value is -2.17. The summed E-state index contributed by atoms with van der Waals surface area (Å²) in [5, 5.41) is 0. The summed E-state index contributed by atoms with van der Waals surface area (Å²) in [5.41, 5.74) is 0.835. The summed E-state index contributed by atoms with van der Waals surface area (Å²) in [6.07, 6.45) is 8.03. The number of imidazole rings is 1. The third-order valence-corrected chi connectivity index (χ3v) is 4.06. The molecule has 0 bridgehead atoms. The van der Waals surface area contributed by atoms with E-state index < -0.39 is 0 Å². The minimum absolute atomic E-state index is 0.160. The molecule has 21 heavy (non-hydrogen) atoms. The fourth-order valence-corrected chi connectivity index (χ4v) is 2.95. The SMILES string of the molecule is Cn1ccnc1[C@@H]1CCCN(C(=O)Cc2ccccn2)C1. The smallest absolute Gasteiger partial charge is 0.228 e. The van der Waals surface area contributed by atoms with E-state index >= 15 is 0 Å². The molecule has 1 saturated heterocycles. The van der Waals surface area contributed by atoms with Crippen molar-refractivity contribution in [3.05, 3.63) is 48.3 Å². The molecule has 1 aliphatic rings. The van der Waals surface area contributed by atoms with Crippen LogP contribution in [-0.4, -0.2) is 38.4 Å². The van der Waals surface area contributed by atoms with Gasteiger partial charge in [-0.2, -0.15) is 0 Å². The molecule has 0 saturated carbocycles. The largest absolute Gasteiger partial charge is 0.342 e. The summed E-state index contributed by atoms with van der Waals surface area (Å²) >= 11 is 0. The number of likely N-dealkylation sites (tertiary alicyclic amines) is 1. The third kappa shape index (κ3) is 3.12.